The predicted molar refractivity (Wildman–Crippen MR) is 161 cm³/mol. The number of methoxy groups -OCH3 is 1. The maximum absolute atomic E-state index is 13.3. The summed E-state index contributed by atoms with van der Waals surface area (Å²) < 4.78 is 59.8. The van der Waals surface area contributed by atoms with Crippen molar-refractivity contribution in [2.24, 2.45) is 5.92 Å². The van der Waals surface area contributed by atoms with E-state index in [-0.39, 0.29) is 40.3 Å². The Hall–Kier alpha value is -3.45. The number of ether oxygens (including phenoxy) is 3. The molecular weight excluding hydrogens is 599 g/mol. The monoisotopic (exact) mass is 637 g/mol. The van der Waals surface area contributed by atoms with Gasteiger partial charge in [0.1, 0.15) is 16.3 Å². The van der Waals surface area contributed by atoms with Gasteiger partial charge in [0, 0.05) is 44.2 Å². The molecule has 15 heteroatoms. The van der Waals surface area contributed by atoms with E-state index in [1.807, 2.05) is 6.07 Å². The van der Waals surface area contributed by atoms with Crippen LogP contribution in [-0.2, 0) is 16.0 Å². The molecule has 4 rings (SSSR count). The topological polar surface area (TPSA) is 107 Å². The second-order valence-electron chi connectivity index (χ2n) is 10.2. The zero-order valence-corrected chi connectivity index (χ0v) is 26.1. The highest BCUT2D eigenvalue weighted by molar-refractivity contribution is 8.00. The molecule has 3 aromatic rings. The number of nitrogens with one attached hydrogen (secondary N) is 2. The second-order valence-corrected chi connectivity index (χ2v) is 11.3. The van der Waals surface area contributed by atoms with Crippen molar-refractivity contribution in [2.75, 3.05) is 66.0 Å². The van der Waals surface area contributed by atoms with Gasteiger partial charge in [-0.05, 0) is 57.3 Å². The molecule has 1 amide bonds. The lowest BCUT2D eigenvalue weighted by molar-refractivity contribution is -0.0330. The number of imidazole rings is 1. The van der Waals surface area contributed by atoms with Crippen LogP contribution in [0.2, 0.25) is 0 Å². The Balaban J connectivity index is 1.28. The zero-order chi connectivity index (χ0) is 31.7. The molecule has 1 fully saturated rings. The lowest BCUT2D eigenvalue weighted by Crippen LogP contribution is -2.45. The summed E-state index contributed by atoms with van der Waals surface area (Å²) in [7, 11) is 5.11. The number of rotatable bonds is 14. The molecule has 44 heavy (non-hydrogen) atoms. The van der Waals surface area contributed by atoms with Crippen LogP contribution in [0.15, 0.2) is 29.6 Å². The van der Waals surface area contributed by atoms with Crippen LogP contribution in [0.3, 0.4) is 0 Å². The molecule has 0 aromatic carbocycles. The SMILES string of the molecule is CC#Cc1nc2c(N[C@H]3CCN(C)C[C@@H]3CCOCCOCCn3ncc(C(=O)NC)c3OC)cccn2c1SC(F)(F)F. The van der Waals surface area contributed by atoms with E-state index in [0.717, 1.165) is 25.9 Å². The minimum atomic E-state index is -4.46. The average Bonchev–Trinajstić information content (AvgIpc) is 3.56. The Morgan fingerprint density at radius 3 is 2.70 bits per heavy atom. The second kappa shape index (κ2) is 15.5. The molecule has 1 aliphatic heterocycles. The van der Waals surface area contributed by atoms with E-state index < -0.39 is 5.51 Å². The number of fused-ring (bicyclic) bond motifs is 1. The molecule has 1 saturated heterocycles. The van der Waals surface area contributed by atoms with Crippen LogP contribution in [0.5, 0.6) is 5.88 Å². The fourth-order valence-electron chi connectivity index (χ4n) is 5.21. The van der Waals surface area contributed by atoms with Gasteiger partial charge in [0.05, 0.1) is 45.4 Å². The number of hydrogen-bond acceptors (Lipinski definition) is 9. The first kappa shape index (κ1) is 33.4. The number of thioether (sulfide) groups is 1. The van der Waals surface area contributed by atoms with Gasteiger partial charge in [0.2, 0.25) is 5.88 Å². The summed E-state index contributed by atoms with van der Waals surface area (Å²) in [5.74, 6) is 5.75. The average molecular weight is 638 g/mol. The van der Waals surface area contributed by atoms with E-state index in [1.54, 1.807) is 30.9 Å². The van der Waals surface area contributed by atoms with Crippen molar-refractivity contribution in [1.82, 2.24) is 29.4 Å². The molecule has 0 aliphatic carbocycles. The van der Waals surface area contributed by atoms with Crippen LogP contribution in [0, 0.1) is 17.8 Å². The standard InChI is InChI=1S/C29H38F3N7O4S/c1-5-7-24-28(44-29(30,31)32)38-11-6-8-23(25(38)36-24)35-22-9-12-37(3)19-20(22)10-14-42-16-17-43-15-13-39-27(41-4)21(18-34-39)26(40)33-2/h6,8,11,18,20,22,35H,9-10,12-17,19H2,1-4H3,(H,33,40)/t20-,22-/m0/s1. The highest BCUT2D eigenvalue weighted by Crippen LogP contribution is 2.39. The number of piperidine rings is 1. The number of amides is 1. The van der Waals surface area contributed by atoms with Crippen LogP contribution in [0.25, 0.3) is 5.65 Å². The highest BCUT2D eigenvalue weighted by atomic mass is 32.2. The van der Waals surface area contributed by atoms with Crippen molar-refractivity contribution in [1.29, 1.82) is 0 Å². The number of nitrogens with zero attached hydrogens (tertiary/aromatic N) is 5. The molecule has 1 aliphatic rings. The third-order valence-electron chi connectivity index (χ3n) is 7.25. The maximum atomic E-state index is 13.3. The summed E-state index contributed by atoms with van der Waals surface area (Å²) in [6.45, 7) is 5.51. The van der Waals surface area contributed by atoms with Gasteiger partial charge in [-0.2, -0.15) is 18.3 Å². The van der Waals surface area contributed by atoms with Crippen molar-refractivity contribution in [3.63, 3.8) is 0 Å². The normalized spacial score (nSPS) is 17.3. The molecule has 0 spiro atoms. The van der Waals surface area contributed by atoms with E-state index in [2.05, 4.69) is 44.5 Å². The van der Waals surface area contributed by atoms with E-state index in [1.165, 1.54) is 17.7 Å². The number of hydrogen-bond donors (Lipinski definition) is 2. The zero-order valence-electron chi connectivity index (χ0n) is 25.2. The minimum Gasteiger partial charge on any atom is -0.481 e. The van der Waals surface area contributed by atoms with Crippen LogP contribution in [0.4, 0.5) is 18.9 Å². The third-order valence-corrected chi connectivity index (χ3v) is 8.06. The lowest BCUT2D eigenvalue weighted by atomic mass is 9.89. The first-order valence-corrected chi connectivity index (χ1v) is 15.1. The Bertz CT molecular complexity index is 1470. The van der Waals surface area contributed by atoms with Crippen LogP contribution in [0.1, 0.15) is 35.8 Å². The number of carbonyl (C=O) groups excluding carboxylic acids is 1. The van der Waals surface area contributed by atoms with Gasteiger partial charge in [-0.3, -0.25) is 9.20 Å². The molecule has 240 valence electrons. The first-order valence-electron chi connectivity index (χ1n) is 14.3. The van der Waals surface area contributed by atoms with Crippen molar-refractivity contribution in [3.8, 4) is 17.7 Å². The van der Waals surface area contributed by atoms with E-state index in [9.17, 15) is 18.0 Å². The van der Waals surface area contributed by atoms with Gasteiger partial charge in [0.25, 0.3) is 5.91 Å². The lowest BCUT2D eigenvalue weighted by Gasteiger charge is -2.37. The van der Waals surface area contributed by atoms with Gasteiger partial charge in [-0.25, -0.2) is 9.67 Å². The van der Waals surface area contributed by atoms with E-state index in [0.29, 0.717) is 55.8 Å². The Morgan fingerprint density at radius 1 is 1.23 bits per heavy atom. The summed E-state index contributed by atoms with van der Waals surface area (Å²) in [5.41, 5.74) is -2.90. The molecule has 3 aromatic heterocycles. The highest BCUT2D eigenvalue weighted by Gasteiger charge is 2.34. The Labute approximate surface area is 258 Å². The largest absolute Gasteiger partial charge is 0.481 e. The molecule has 0 bridgehead atoms. The van der Waals surface area contributed by atoms with Crippen LogP contribution < -0.4 is 15.4 Å². The summed E-state index contributed by atoms with van der Waals surface area (Å²) in [6, 6.07) is 3.66. The van der Waals surface area contributed by atoms with Crippen molar-refractivity contribution >= 4 is 29.0 Å². The third kappa shape index (κ3) is 8.59. The molecule has 0 saturated carbocycles. The first-order chi connectivity index (χ1) is 21.1. The van der Waals surface area contributed by atoms with Gasteiger partial charge in [-0.15, -0.1) is 0 Å². The fourth-order valence-corrected chi connectivity index (χ4v) is 5.87. The Kier molecular flexibility index (Phi) is 11.8. The number of aromatic nitrogens is 4. The summed E-state index contributed by atoms with van der Waals surface area (Å²) in [6.07, 6.45) is 4.71. The van der Waals surface area contributed by atoms with Crippen molar-refractivity contribution in [3.05, 3.63) is 35.8 Å². The molecule has 2 N–H and O–H groups in total. The summed E-state index contributed by atoms with van der Waals surface area (Å²) in [4.78, 5) is 18.7. The fraction of sp³-hybridized carbons (Fsp3) is 0.552. The quantitative estimate of drug-likeness (QED) is 0.155. The van der Waals surface area contributed by atoms with Crippen LogP contribution >= 0.6 is 11.8 Å². The van der Waals surface area contributed by atoms with Gasteiger partial charge in [0.15, 0.2) is 5.65 Å². The maximum Gasteiger partial charge on any atom is 0.447 e. The van der Waals surface area contributed by atoms with E-state index >= 15 is 0 Å². The number of anilines is 1. The number of likely N-dealkylation sites (tertiary alicyclic amines) is 1. The molecular formula is C29H38F3N7O4S. The number of alkyl halides is 3. The molecule has 0 unspecified atom stereocenters. The Morgan fingerprint density at radius 2 is 2.00 bits per heavy atom. The van der Waals surface area contributed by atoms with Gasteiger partial charge >= 0.3 is 5.51 Å². The van der Waals surface area contributed by atoms with Gasteiger partial charge in [-0.1, -0.05) is 5.92 Å². The van der Waals surface area contributed by atoms with Crippen molar-refractivity contribution < 1.29 is 32.2 Å². The molecule has 2 atom stereocenters. The summed E-state index contributed by atoms with van der Waals surface area (Å²) >= 11 is -0.205. The van der Waals surface area contributed by atoms with Gasteiger partial charge < -0.3 is 29.7 Å². The number of pyridine rings is 1. The minimum absolute atomic E-state index is 0.0431. The number of halogens is 3. The predicted octanol–water partition coefficient (Wildman–Crippen LogP) is 3.74. The molecule has 4 heterocycles. The van der Waals surface area contributed by atoms with Crippen LogP contribution in [-0.4, -0.2) is 102 Å². The summed E-state index contributed by atoms with van der Waals surface area (Å²) in [5, 5.41) is 10.3. The number of carbonyl (C=O) groups is 1. The molecule has 11 nitrogen and oxygen atoms in total. The van der Waals surface area contributed by atoms with Crippen molar-refractivity contribution in [2.45, 2.75) is 42.9 Å². The van der Waals surface area contributed by atoms with E-state index in [4.69, 9.17) is 14.2 Å². The molecule has 0 radical (unpaired) electrons. The smallest absolute Gasteiger partial charge is 0.447 e.